The third-order valence-corrected chi connectivity index (χ3v) is 5.58. The first kappa shape index (κ1) is 19.2. The van der Waals surface area contributed by atoms with Crippen LogP contribution < -0.4 is 10.1 Å². The molecular weight excluding hydrogens is 372 g/mol. The largest absolute Gasteiger partial charge is 0.479 e. The van der Waals surface area contributed by atoms with Crippen molar-refractivity contribution in [2.24, 2.45) is 0 Å². The molecule has 0 fully saturated rings. The third kappa shape index (κ3) is 4.20. The van der Waals surface area contributed by atoms with Crippen molar-refractivity contribution >= 4 is 28.3 Å². The van der Waals surface area contributed by atoms with Crippen molar-refractivity contribution < 1.29 is 9.53 Å². The average molecular weight is 388 g/mol. The van der Waals surface area contributed by atoms with E-state index < -0.39 is 5.91 Å². The maximum Gasteiger partial charge on any atom is 0.266 e. The van der Waals surface area contributed by atoms with Gasteiger partial charge in [0.05, 0.1) is 5.56 Å². The van der Waals surface area contributed by atoms with Gasteiger partial charge in [-0.3, -0.25) is 4.79 Å². The van der Waals surface area contributed by atoms with Gasteiger partial charge >= 0.3 is 0 Å². The molecular formula is C21H16N4O2S. The van der Waals surface area contributed by atoms with Gasteiger partial charge in [0.1, 0.15) is 34.5 Å². The number of amides is 1. The van der Waals surface area contributed by atoms with Gasteiger partial charge in [-0.25, -0.2) is 0 Å². The smallest absolute Gasteiger partial charge is 0.266 e. The Kier molecular flexibility index (Phi) is 6.07. The zero-order valence-corrected chi connectivity index (χ0v) is 15.8. The predicted molar refractivity (Wildman–Crippen MR) is 105 cm³/mol. The number of nitrogens with one attached hydrogen (secondary N) is 1. The molecule has 0 saturated heterocycles. The summed E-state index contributed by atoms with van der Waals surface area (Å²) in [4.78, 5) is 13.7. The van der Waals surface area contributed by atoms with Crippen LogP contribution in [0.15, 0.2) is 29.8 Å². The number of thiophene rings is 1. The number of fused-ring (bicyclic) bond motifs is 1. The molecule has 1 aromatic carbocycles. The van der Waals surface area contributed by atoms with Crippen molar-refractivity contribution in [1.82, 2.24) is 0 Å². The number of rotatable bonds is 5. The molecule has 1 aliphatic carbocycles. The van der Waals surface area contributed by atoms with Crippen LogP contribution in [-0.4, -0.2) is 12.5 Å². The Morgan fingerprint density at radius 3 is 2.61 bits per heavy atom. The second kappa shape index (κ2) is 8.86. The first-order valence-electron chi connectivity index (χ1n) is 8.74. The number of carbonyl (C=O) groups excluding carboxylic acids is 1. The van der Waals surface area contributed by atoms with Crippen molar-refractivity contribution in [3.8, 4) is 24.0 Å². The molecule has 1 amide bonds. The number of nitriles is 3. The lowest BCUT2D eigenvalue weighted by Gasteiger charge is -2.09. The van der Waals surface area contributed by atoms with E-state index in [2.05, 4.69) is 11.4 Å². The zero-order chi connectivity index (χ0) is 19.9. The topological polar surface area (TPSA) is 110 Å². The van der Waals surface area contributed by atoms with Gasteiger partial charge in [0.2, 0.25) is 0 Å². The second-order valence-corrected chi connectivity index (χ2v) is 7.27. The fraction of sp³-hybridized carbons (Fsp3) is 0.238. The Labute approximate surface area is 166 Å². The summed E-state index contributed by atoms with van der Waals surface area (Å²) in [6, 6.07) is 12.7. The van der Waals surface area contributed by atoms with E-state index in [4.69, 9.17) is 10.00 Å². The molecule has 2 aromatic rings. The number of benzene rings is 1. The quantitative estimate of drug-likeness (QED) is 0.616. The van der Waals surface area contributed by atoms with Gasteiger partial charge in [0, 0.05) is 4.88 Å². The summed E-state index contributed by atoms with van der Waals surface area (Å²) in [6.45, 7) is -0.0486. The van der Waals surface area contributed by atoms with E-state index >= 15 is 0 Å². The zero-order valence-electron chi connectivity index (χ0n) is 15.0. The number of hydrogen-bond acceptors (Lipinski definition) is 6. The lowest BCUT2D eigenvalue weighted by atomic mass is 9.96. The van der Waals surface area contributed by atoms with Gasteiger partial charge in [-0.15, -0.1) is 11.3 Å². The molecule has 138 valence electrons. The SMILES string of the molecule is N#CCOc1ccc(/C=C(\C#N)C(=O)Nc2sc3c(c2C#N)CCCC3)cc1. The van der Waals surface area contributed by atoms with Crippen LogP contribution in [0.25, 0.3) is 6.08 Å². The van der Waals surface area contributed by atoms with Gasteiger partial charge < -0.3 is 10.1 Å². The number of hydrogen-bond donors (Lipinski definition) is 1. The summed E-state index contributed by atoms with van der Waals surface area (Å²) in [6.07, 6.45) is 5.38. The van der Waals surface area contributed by atoms with E-state index in [1.54, 1.807) is 24.3 Å². The highest BCUT2D eigenvalue weighted by Crippen LogP contribution is 2.37. The third-order valence-electron chi connectivity index (χ3n) is 4.37. The fourth-order valence-electron chi connectivity index (χ4n) is 3.03. The van der Waals surface area contributed by atoms with Crippen LogP contribution in [0.3, 0.4) is 0 Å². The molecule has 1 N–H and O–H groups in total. The van der Waals surface area contributed by atoms with Crippen molar-refractivity contribution in [2.45, 2.75) is 25.7 Å². The second-order valence-electron chi connectivity index (χ2n) is 6.17. The summed E-state index contributed by atoms with van der Waals surface area (Å²) in [5.41, 5.74) is 2.15. The summed E-state index contributed by atoms with van der Waals surface area (Å²) < 4.78 is 5.18. The molecule has 1 aromatic heterocycles. The molecule has 0 saturated carbocycles. The molecule has 0 bridgehead atoms. The lowest BCUT2D eigenvalue weighted by molar-refractivity contribution is -0.112. The van der Waals surface area contributed by atoms with Gasteiger partial charge in [-0.2, -0.15) is 15.8 Å². The minimum atomic E-state index is -0.539. The van der Waals surface area contributed by atoms with Crippen LogP contribution in [0.1, 0.15) is 34.4 Å². The molecule has 1 aliphatic rings. The van der Waals surface area contributed by atoms with E-state index in [-0.39, 0.29) is 12.2 Å². The summed E-state index contributed by atoms with van der Waals surface area (Å²) in [5, 5.41) is 30.7. The summed E-state index contributed by atoms with van der Waals surface area (Å²) >= 11 is 1.42. The average Bonchev–Trinajstić information content (AvgIpc) is 3.08. The normalized spacial score (nSPS) is 12.8. The summed E-state index contributed by atoms with van der Waals surface area (Å²) in [7, 11) is 0. The number of aryl methyl sites for hydroxylation is 1. The van der Waals surface area contributed by atoms with Gasteiger partial charge in [-0.1, -0.05) is 12.1 Å². The number of ether oxygens (including phenoxy) is 1. The van der Waals surface area contributed by atoms with Gasteiger partial charge in [0.15, 0.2) is 6.61 Å². The van der Waals surface area contributed by atoms with Crippen molar-refractivity contribution in [2.75, 3.05) is 11.9 Å². The lowest BCUT2D eigenvalue weighted by Crippen LogP contribution is -2.13. The molecule has 0 unspecified atom stereocenters. The first-order valence-corrected chi connectivity index (χ1v) is 9.55. The molecule has 28 heavy (non-hydrogen) atoms. The summed E-state index contributed by atoms with van der Waals surface area (Å²) in [5.74, 6) is -0.00751. The minimum absolute atomic E-state index is 0.0486. The molecule has 0 radical (unpaired) electrons. The number of carbonyl (C=O) groups is 1. The Hall–Kier alpha value is -3.60. The molecule has 0 spiro atoms. The van der Waals surface area contributed by atoms with Crippen LogP contribution in [0.4, 0.5) is 5.00 Å². The molecule has 3 rings (SSSR count). The molecule has 7 heteroatoms. The van der Waals surface area contributed by atoms with Crippen LogP contribution >= 0.6 is 11.3 Å². The molecule has 1 heterocycles. The van der Waals surface area contributed by atoms with Crippen molar-refractivity contribution in [1.29, 1.82) is 15.8 Å². The highest BCUT2D eigenvalue weighted by molar-refractivity contribution is 7.16. The van der Waals surface area contributed by atoms with Crippen molar-refractivity contribution in [3.63, 3.8) is 0 Å². The van der Waals surface area contributed by atoms with E-state index in [1.165, 1.54) is 17.4 Å². The standard InChI is InChI=1S/C21H16N4O2S/c22-9-10-27-16-7-5-14(6-8-16)11-15(12-23)20(26)25-21-18(13-24)17-3-1-2-4-19(17)28-21/h5-8,11H,1-4,10H2,(H,25,26)/b15-11+. The highest BCUT2D eigenvalue weighted by Gasteiger charge is 2.22. The Morgan fingerprint density at radius 2 is 1.93 bits per heavy atom. The Balaban J connectivity index is 1.78. The maximum absolute atomic E-state index is 12.6. The van der Waals surface area contributed by atoms with E-state index in [0.29, 0.717) is 21.9 Å². The van der Waals surface area contributed by atoms with E-state index in [9.17, 15) is 15.3 Å². The highest BCUT2D eigenvalue weighted by atomic mass is 32.1. The Morgan fingerprint density at radius 1 is 1.18 bits per heavy atom. The van der Waals surface area contributed by atoms with E-state index in [0.717, 1.165) is 36.1 Å². The van der Waals surface area contributed by atoms with Crippen LogP contribution in [0, 0.1) is 34.0 Å². The first-order chi connectivity index (χ1) is 13.7. The fourth-order valence-corrected chi connectivity index (χ4v) is 4.27. The molecule has 0 aliphatic heterocycles. The van der Waals surface area contributed by atoms with Crippen LogP contribution in [0.5, 0.6) is 5.75 Å². The molecule has 0 atom stereocenters. The van der Waals surface area contributed by atoms with Crippen LogP contribution in [0.2, 0.25) is 0 Å². The van der Waals surface area contributed by atoms with Gasteiger partial charge in [0.25, 0.3) is 5.91 Å². The minimum Gasteiger partial charge on any atom is -0.479 e. The van der Waals surface area contributed by atoms with Crippen molar-refractivity contribution in [3.05, 3.63) is 51.4 Å². The number of nitrogens with zero attached hydrogens (tertiary/aromatic N) is 3. The Bertz CT molecular complexity index is 1050. The predicted octanol–water partition coefficient (Wildman–Crippen LogP) is 3.95. The monoisotopic (exact) mass is 388 g/mol. The number of anilines is 1. The van der Waals surface area contributed by atoms with E-state index in [1.807, 2.05) is 12.1 Å². The maximum atomic E-state index is 12.6. The van der Waals surface area contributed by atoms with Gasteiger partial charge in [-0.05, 0) is 55.0 Å². The van der Waals surface area contributed by atoms with Crippen LogP contribution in [-0.2, 0) is 17.6 Å². The molecule has 6 nitrogen and oxygen atoms in total.